The number of amides is 2. The third-order valence-corrected chi connectivity index (χ3v) is 7.83. The molecule has 0 N–H and O–H groups in total. The van der Waals surface area contributed by atoms with Crippen molar-refractivity contribution in [2.45, 2.75) is 45.2 Å². The molecule has 5 nitrogen and oxygen atoms in total. The average molecular weight is 511 g/mol. The van der Waals surface area contributed by atoms with Gasteiger partial charge in [-0.3, -0.25) is 9.59 Å². The number of rotatable bonds is 9. The van der Waals surface area contributed by atoms with Crippen molar-refractivity contribution in [3.63, 3.8) is 0 Å². The van der Waals surface area contributed by atoms with E-state index in [0.717, 1.165) is 24.0 Å². The topological polar surface area (TPSA) is 49.9 Å². The molecule has 0 unspecified atom stereocenters. The molecule has 0 saturated heterocycles. The number of nitrogens with zero attached hydrogens (tertiary/aromatic N) is 2. The molecule has 0 fully saturated rings. The molecule has 0 spiro atoms. The fraction of sp³-hybridized carbons (Fsp3) is 0.357. The minimum atomic E-state index is -0.198. The maximum absolute atomic E-state index is 13.6. The number of carbonyl (C=O) groups excluding carboxylic acids is 2. The van der Waals surface area contributed by atoms with Crippen molar-refractivity contribution in [2.24, 2.45) is 0 Å². The van der Waals surface area contributed by atoms with Crippen molar-refractivity contribution in [2.75, 3.05) is 19.7 Å². The highest BCUT2D eigenvalue weighted by atomic mass is 35.5. The van der Waals surface area contributed by atoms with Gasteiger partial charge in [0.05, 0.1) is 12.5 Å². The molecule has 35 heavy (non-hydrogen) atoms. The highest BCUT2D eigenvalue weighted by Gasteiger charge is 2.34. The Morgan fingerprint density at radius 1 is 1.14 bits per heavy atom. The Hall–Kier alpha value is -2.83. The van der Waals surface area contributed by atoms with Crippen LogP contribution < -0.4 is 4.74 Å². The summed E-state index contributed by atoms with van der Waals surface area (Å²) in [7, 11) is 0. The van der Waals surface area contributed by atoms with Crippen LogP contribution in [0.15, 0.2) is 66.0 Å². The lowest BCUT2D eigenvalue weighted by molar-refractivity contribution is -0.144. The predicted molar refractivity (Wildman–Crippen MR) is 141 cm³/mol. The maximum atomic E-state index is 13.6. The van der Waals surface area contributed by atoms with E-state index in [2.05, 4.69) is 11.4 Å². The molecule has 2 aromatic carbocycles. The minimum absolute atomic E-state index is 0.0268. The Balaban J connectivity index is 1.50. The van der Waals surface area contributed by atoms with Gasteiger partial charge >= 0.3 is 0 Å². The van der Waals surface area contributed by atoms with E-state index in [9.17, 15) is 9.59 Å². The second kappa shape index (κ2) is 11.7. The maximum Gasteiger partial charge on any atom is 0.242 e. The highest BCUT2D eigenvalue weighted by molar-refractivity contribution is 7.10. The lowest BCUT2D eigenvalue weighted by Gasteiger charge is -2.38. The smallest absolute Gasteiger partial charge is 0.242 e. The molecule has 3 aromatic rings. The fourth-order valence-electron chi connectivity index (χ4n) is 4.40. The molecule has 4 rings (SSSR count). The van der Waals surface area contributed by atoms with Crippen LogP contribution >= 0.6 is 22.9 Å². The summed E-state index contributed by atoms with van der Waals surface area (Å²) < 4.78 is 6.08. The lowest BCUT2D eigenvalue weighted by atomic mass is 10.00. The Labute approximate surface area is 216 Å². The Kier molecular flexibility index (Phi) is 8.47. The van der Waals surface area contributed by atoms with Crippen LogP contribution in [-0.2, 0) is 22.4 Å². The van der Waals surface area contributed by atoms with Gasteiger partial charge in [-0.15, -0.1) is 11.3 Å². The first kappa shape index (κ1) is 25.3. The summed E-state index contributed by atoms with van der Waals surface area (Å²) >= 11 is 7.72. The minimum Gasteiger partial charge on any atom is -0.491 e. The molecule has 1 aliphatic rings. The van der Waals surface area contributed by atoms with Gasteiger partial charge in [-0.2, -0.15) is 0 Å². The van der Waals surface area contributed by atoms with Crippen molar-refractivity contribution in [1.82, 2.24) is 9.80 Å². The van der Waals surface area contributed by atoms with E-state index < -0.39 is 0 Å². The molecule has 2 atom stereocenters. The van der Waals surface area contributed by atoms with Gasteiger partial charge in [0.25, 0.3) is 0 Å². The molecule has 7 heteroatoms. The van der Waals surface area contributed by atoms with Gasteiger partial charge in [0.15, 0.2) is 0 Å². The monoisotopic (exact) mass is 510 g/mol. The highest BCUT2D eigenvalue weighted by Crippen LogP contribution is 2.34. The number of hydrogen-bond acceptors (Lipinski definition) is 4. The number of thiophene rings is 1. The van der Waals surface area contributed by atoms with E-state index in [1.807, 2.05) is 61.2 Å². The quantitative estimate of drug-likeness (QED) is 0.367. The summed E-state index contributed by atoms with van der Waals surface area (Å²) in [5.41, 5.74) is 2.09. The Morgan fingerprint density at radius 2 is 1.89 bits per heavy atom. The second-order valence-electron chi connectivity index (χ2n) is 8.86. The third-order valence-electron chi connectivity index (χ3n) is 6.58. The normalized spacial score (nSPS) is 15.9. The van der Waals surface area contributed by atoms with Crippen LogP contribution in [0.4, 0.5) is 0 Å². The number of hydrogen-bond donors (Lipinski definition) is 0. The van der Waals surface area contributed by atoms with Crippen molar-refractivity contribution in [1.29, 1.82) is 0 Å². The zero-order valence-electron chi connectivity index (χ0n) is 20.2. The van der Waals surface area contributed by atoms with E-state index in [4.69, 9.17) is 16.3 Å². The molecular formula is C28H31ClN2O3S. The third kappa shape index (κ3) is 6.24. The summed E-state index contributed by atoms with van der Waals surface area (Å²) in [6.07, 6.45) is 1.89. The van der Waals surface area contributed by atoms with Gasteiger partial charge < -0.3 is 14.5 Å². The van der Waals surface area contributed by atoms with Gasteiger partial charge in [0, 0.05) is 22.5 Å². The summed E-state index contributed by atoms with van der Waals surface area (Å²) in [6.45, 7) is 5.07. The van der Waals surface area contributed by atoms with Crippen molar-refractivity contribution >= 4 is 34.8 Å². The zero-order valence-corrected chi connectivity index (χ0v) is 21.7. The Morgan fingerprint density at radius 3 is 2.60 bits per heavy atom. The molecule has 0 bridgehead atoms. The molecule has 1 aliphatic heterocycles. The average Bonchev–Trinajstić information content (AvgIpc) is 3.36. The van der Waals surface area contributed by atoms with E-state index >= 15 is 0 Å². The van der Waals surface area contributed by atoms with Gasteiger partial charge in [0.2, 0.25) is 11.8 Å². The predicted octanol–water partition coefficient (Wildman–Crippen LogP) is 5.78. The summed E-state index contributed by atoms with van der Waals surface area (Å²) in [4.78, 5) is 31.8. The van der Waals surface area contributed by atoms with Crippen LogP contribution in [0, 0.1) is 0 Å². The molecule has 2 amide bonds. The number of halogens is 1. The molecule has 0 aliphatic carbocycles. The van der Waals surface area contributed by atoms with E-state index in [-0.39, 0.29) is 36.9 Å². The first-order valence-corrected chi connectivity index (χ1v) is 13.3. The molecule has 0 radical (unpaired) electrons. The zero-order chi connectivity index (χ0) is 24.8. The van der Waals surface area contributed by atoms with Crippen LogP contribution in [0.5, 0.6) is 5.75 Å². The molecule has 184 valence electrons. The van der Waals surface area contributed by atoms with E-state index in [1.165, 1.54) is 4.88 Å². The van der Waals surface area contributed by atoms with E-state index in [0.29, 0.717) is 23.9 Å². The van der Waals surface area contributed by atoms with Gasteiger partial charge in [-0.05, 0) is 66.6 Å². The van der Waals surface area contributed by atoms with Crippen molar-refractivity contribution in [3.05, 3.63) is 87.1 Å². The van der Waals surface area contributed by atoms with Gasteiger partial charge in [-0.1, -0.05) is 48.9 Å². The molecule has 1 aromatic heterocycles. The van der Waals surface area contributed by atoms with Crippen molar-refractivity contribution in [3.8, 4) is 5.75 Å². The summed E-state index contributed by atoms with van der Waals surface area (Å²) in [5, 5.41) is 2.72. The van der Waals surface area contributed by atoms with Crippen LogP contribution in [0.1, 0.15) is 42.3 Å². The summed E-state index contributed by atoms with van der Waals surface area (Å²) in [6, 6.07) is 18.8. The fourth-order valence-corrected chi connectivity index (χ4v) is 5.45. The van der Waals surface area contributed by atoms with Crippen LogP contribution in [0.2, 0.25) is 5.02 Å². The van der Waals surface area contributed by atoms with Crippen LogP contribution in [-0.4, -0.2) is 47.4 Å². The lowest BCUT2D eigenvalue weighted by Crippen LogP contribution is -2.50. The first-order chi connectivity index (χ1) is 17.0. The van der Waals surface area contributed by atoms with Gasteiger partial charge in [0.1, 0.15) is 18.9 Å². The number of carbonyl (C=O) groups is 2. The van der Waals surface area contributed by atoms with Crippen molar-refractivity contribution < 1.29 is 14.3 Å². The second-order valence-corrected chi connectivity index (χ2v) is 10.3. The number of benzene rings is 2. The molecular weight excluding hydrogens is 480 g/mol. The largest absolute Gasteiger partial charge is 0.491 e. The molecule has 2 heterocycles. The standard InChI is InChI=1S/C28H31ClN2O3S/c1-3-20(2)31(27(32)17-21-7-5-4-6-8-21)18-28(33)30-15-13-26-24(14-16-35-26)25(30)19-34-23-11-9-22(29)10-12-23/h4-12,14,16,20,25H,3,13,15,17-19H2,1-2H3/t20-,25-/m0/s1. The van der Waals surface area contributed by atoms with Crippen LogP contribution in [0.25, 0.3) is 0 Å². The SMILES string of the molecule is CC[C@H](C)N(CC(=O)N1CCc2sccc2[C@@H]1COc1ccc(Cl)cc1)C(=O)Cc1ccccc1. The molecule has 0 saturated carbocycles. The van der Waals surface area contributed by atoms with Crippen LogP contribution in [0.3, 0.4) is 0 Å². The van der Waals surface area contributed by atoms with E-state index in [1.54, 1.807) is 28.4 Å². The number of ether oxygens (including phenoxy) is 1. The first-order valence-electron chi connectivity index (χ1n) is 12.0. The summed E-state index contributed by atoms with van der Waals surface area (Å²) in [5.74, 6) is 0.637. The number of fused-ring (bicyclic) bond motifs is 1. The van der Waals surface area contributed by atoms with Gasteiger partial charge in [-0.25, -0.2) is 0 Å². The Bertz CT molecular complexity index is 1130.